The predicted molar refractivity (Wildman–Crippen MR) is 145 cm³/mol. The number of aromatic nitrogens is 2. The highest BCUT2D eigenvalue weighted by Crippen LogP contribution is 2.37. The van der Waals surface area contributed by atoms with Gasteiger partial charge in [0.15, 0.2) is 0 Å². The van der Waals surface area contributed by atoms with E-state index in [1.807, 2.05) is 67.3 Å². The lowest BCUT2D eigenvalue weighted by Crippen LogP contribution is -2.40. The van der Waals surface area contributed by atoms with E-state index in [9.17, 15) is 4.79 Å². The second-order valence-corrected chi connectivity index (χ2v) is 10.2. The van der Waals surface area contributed by atoms with Gasteiger partial charge in [-0.1, -0.05) is 15.9 Å². The van der Waals surface area contributed by atoms with Gasteiger partial charge in [0.05, 0.1) is 31.3 Å². The zero-order valence-corrected chi connectivity index (χ0v) is 22.6. The van der Waals surface area contributed by atoms with Crippen LogP contribution in [0.5, 0.6) is 11.5 Å². The fraction of sp³-hybridized carbons (Fsp3) is 0.310. The minimum absolute atomic E-state index is 0.0480. The lowest BCUT2D eigenvalue weighted by Gasteiger charge is -2.36. The fourth-order valence-corrected chi connectivity index (χ4v) is 5.61. The number of carbonyl (C=O) groups is 1. The van der Waals surface area contributed by atoms with Gasteiger partial charge in [-0.05, 0) is 98.8 Å². The first-order valence-corrected chi connectivity index (χ1v) is 13.0. The molecule has 7 heteroatoms. The van der Waals surface area contributed by atoms with Gasteiger partial charge in [0.25, 0.3) is 5.91 Å². The highest BCUT2D eigenvalue weighted by Gasteiger charge is 2.34. The summed E-state index contributed by atoms with van der Waals surface area (Å²) < 4.78 is 14.0. The van der Waals surface area contributed by atoms with Crippen molar-refractivity contribution in [2.24, 2.45) is 0 Å². The maximum Gasteiger partial charge on any atom is 0.255 e. The Bertz CT molecular complexity index is 1400. The van der Waals surface area contributed by atoms with E-state index >= 15 is 0 Å². The van der Waals surface area contributed by atoms with E-state index in [0.717, 1.165) is 74.5 Å². The number of benzene rings is 3. The van der Waals surface area contributed by atoms with Gasteiger partial charge >= 0.3 is 0 Å². The number of rotatable bonds is 5. The van der Waals surface area contributed by atoms with Crippen LogP contribution in [-0.2, 0) is 0 Å². The van der Waals surface area contributed by atoms with Crippen molar-refractivity contribution in [2.45, 2.75) is 39.2 Å². The van der Waals surface area contributed by atoms with Crippen LogP contribution in [0.2, 0.25) is 0 Å². The zero-order chi connectivity index (χ0) is 25.4. The number of carbonyl (C=O) groups excluding carboxylic acids is 1. The second kappa shape index (κ2) is 9.97. The SMILES string of the molecule is COc1ccc(-n2c(C3CCCCN3C(=O)c3c(C)cc(OC)cc3C)nc3cc(Br)ccc32)cc1. The fourth-order valence-electron chi connectivity index (χ4n) is 5.26. The summed E-state index contributed by atoms with van der Waals surface area (Å²) in [5.74, 6) is 2.49. The molecule has 1 aliphatic rings. The van der Waals surface area contributed by atoms with Gasteiger partial charge in [-0.15, -0.1) is 0 Å². The molecule has 1 atom stereocenters. The molecule has 5 rings (SSSR count). The van der Waals surface area contributed by atoms with Crippen LogP contribution in [0.1, 0.15) is 52.6 Å². The summed E-state index contributed by atoms with van der Waals surface area (Å²) in [6, 6.07) is 17.9. The molecule has 36 heavy (non-hydrogen) atoms. The van der Waals surface area contributed by atoms with Crippen molar-refractivity contribution in [1.29, 1.82) is 0 Å². The molecule has 0 aliphatic carbocycles. The van der Waals surface area contributed by atoms with Crippen molar-refractivity contribution >= 4 is 32.9 Å². The van der Waals surface area contributed by atoms with Crippen molar-refractivity contribution < 1.29 is 14.3 Å². The molecule has 1 aromatic heterocycles. The van der Waals surface area contributed by atoms with E-state index in [1.165, 1.54) is 0 Å². The molecule has 1 fully saturated rings. The number of amides is 1. The van der Waals surface area contributed by atoms with E-state index < -0.39 is 0 Å². The third kappa shape index (κ3) is 4.37. The molecule has 1 amide bonds. The third-order valence-corrected chi connectivity index (χ3v) is 7.48. The summed E-state index contributed by atoms with van der Waals surface area (Å²) in [6.07, 6.45) is 2.88. The van der Waals surface area contributed by atoms with Crippen LogP contribution in [0.4, 0.5) is 0 Å². The van der Waals surface area contributed by atoms with Crippen LogP contribution in [0.15, 0.2) is 59.1 Å². The minimum Gasteiger partial charge on any atom is -0.497 e. The summed E-state index contributed by atoms with van der Waals surface area (Å²) in [5, 5.41) is 0. The molecule has 1 saturated heterocycles. The Labute approximate surface area is 220 Å². The standard InChI is InChI=1S/C29H30BrN3O3/c1-18-15-23(36-4)16-19(2)27(18)29(34)32-14-6-5-7-26(32)28-31-24-17-20(30)8-13-25(24)33(28)21-9-11-22(35-3)12-10-21/h8-13,15-17,26H,5-7,14H2,1-4H3. The Morgan fingerprint density at radius 2 is 1.64 bits per heavy atom. The first-order valence-electron chi connectivity index (χ1n) is 12.2. The Morgan fingerprint density at radius 1 is 0.944 bits per heavy atom. The number of likely N-dealkylation sites (tertiary alicyclic amines) is 1. The maximum absolute atomic E-state index is 14.0. The summed E-state index contributed by atoms with van der Waals surface area (Å²) >= 11 is 3.59. The third-order valence-electron chi connectivity index (χ3n) is 6.99. The Kier molecular flexibility index (Phi) is 6.75. The zero-order valence-electron chi connectivity index (χ0n) is 21.0. The number of fused-ring (bicyclic) bond motifs is 1. The number of hydrogen-bond acceptors (Lipinski definition) is 4. The monoisotopic (exact) mass is 547 g/mol. The van der Waals surface area contributed by atoms with Crippen molar-refractivity contribution in [3.63, 3.8) is 0 Å². The molecular formula is C29H30BrN3O3. The van der Waals surface area contributed by atoms with Crippen LogP contribution in [0.25, 0.3) is 16.7 Å². The molecule has 3 aromatic carbocycles. The number of halogens is 1. The Balaban J connectivity index is 1.64. The smallest absolute Gasteiger partial charge is 0.255 e. The molecular weight excluding hydrogens is 518 g/mol. The highest BCUT2D eigenvalue weighted by molar-refractivity contribution is 9.10. The van der Waals surface area contributed by atoms with Crippen molar-refractivity contribution in [3.8, 4) is 17.2 Å². The van der Waals surface area contributed by atoms with Gasteiger partial charge in [-0.3, -0.25) is 9.36 Å². The topological polar surface area (TPSA) is 56.6 Å². The first kappa shape index (κ1) is 24.4. The number of ether oxygens (including phenoxy) is 2. The van der Waals surface area contributed by atoms with Gasteiger partial charge in [0, 0.05) is 22.3 Å². The van der Waals surface area contributed by atoms with Gasteiger partial charge in [-0.2, -0.15) is 0 Å². The second-order valence-electron chi connectivity index (χ2n) is 9.28. The van der Waals surface area contributed by atoms with Crippen molar-refractivity contribution in [3.05, 3.63) is 81.6 Å². The lowest BCUT2D eigenvalue weighted by molar-refractivity contribution is 0.0597. The average molecular weight is 548 g/mol. The van der Waals surface area contributed by atoms with Gasteiger partial charge in [0.2, 0.25) is 0 Å². The molecule has 0 bridgehead atoms. The molecule has 0 saturated carbocycles. The lowest BCUT2D eigenvalue weighted by atomic mass is 9.96. The quantitative estimate of drug-likeness (QED) is 0.276. The van der Waals surface area contributed by atoms with E-state index in [2.05, 4.69) is 26.6 Å². The Morgan fingerprint density at radius 3 is 2.31 bits per heavy atom. The van der Waals surface area contributed by atoms with Gasteiger partial charge < -0.3 is 14.4 Å². The average Bonchev–Trinajstić information content (AvgIpc) is 3.26. The van der Waals surface area contributed by atoms with E-state index in [0.29, 0.717) is 6.54 Å². The summed E-state index contributed by atoms with van der Waals surface area (Å²) in [4.78, 5) is 21.2. The minimum atomic E-state index is -0.138. The normalized spacial score (nSPS) is 15.8. The molecule has 0 N–H and O–H groups in total. The number of piperidine rings is 1. The number of imidazole rings is 1. The first-order chi connectivity index (χ1) is 17.4. The summed E-state index contributed by atoms with van der Waals surface area (Å²) in [5.41, 5.74) is 5.49. The maximum atomic E-state index is 14.0. The van der Waals surface area contributed by atoms with Crippen LogP contribution < -0.4 is 9.47 Å². The largest absolute Gasteiger partial charge is 0.497 e. The molecule has 0 spiro atoms. The van der Waals surface area contributed by atoms with E-state index in [4.69, 9.17) is 14.5 Å². The van der Waals surface area contributed by atoms with E-state index in [1.54, 1.807) is 14.2 Å². The summed E-state index contributed by atoms with van der Waals surface area (Å²) in [6.45, 7) is 4.65. The van der Waals surface area contributed by atoms with Crippen LogP contribution >= 0.6 is 15.9 Å². The van der Waals surface area contributed by atoms with Crippen LogP contribution in [-0.4, -0.2) is 41.1 Å². The number of hydrogen-bond donors (Lipinski definition) is 0. The number of nitrogens with zero attached hydrogens (tertiary/aromatic N) is 3. The van der Waals surface area contributed by atoms with Crippen LogP contribution in [0.3, 0.4) is 0 Å². The Hall–Kier alpha value is -3.32. The molecule has 1 unspecified atom stereocenters. The van der Waals surface area contributed by atoms with Crippen molar-refractivity contribution in [1.82, 2.24) is 14.5 Å². The summed E-state index contributed by atoms with van der Waals surface area (Å²) in [7, 11) is 3.32. The molecule has 0 radical (unpaired) electrons. The van der Waals surface area contributed by atoms with Gasteiger partial charge in [-0.25, -0.2) is 4.98 Å². The molecule has 2 heterocycles. The number of aryl methyl sites for hydroxylation is 2. The molecule has 186 valence electrons. The molecule has 6 nitrogen and oxygen atoms in total. The number of methoxy groups -OCH3 is 2. The van der Waals surface area contributed by atoms with Crippen LogP contribution in [0, 0.1) is 13.8 Å². The van der Waals surface area contributed by atoms with Gasteiger partial charge in [0.1, 0.15) is 17.3 Å². The van der Waals surface area contributed by atoms with E-state index in [-0.39, 0.29) is 11.9 Å². The molecule has 1 aliphatic heterocycles. The molecule has 4 aromatic rings. The van der Waals surface area contributed by atoms with Crippen molar-refractivity contribution in [2.75, 3.05) is 20.8 Å². The highest BCUT2D eigenvalue weighted by atomic mass is 79.9. The predicted octanol–water partition coefficient (Wildman–Crippen LogP) is 6.79.